The van der Waals surface area contributed by atoms with E-state index >= 15 is 0 Å². The molecule has 1 aliphatic heterocycles. The summed E-state index contributed by atoms with van der Waals surface area (Å²) in [6.07, 6.45) is 4.14. The van der Waals surface area contributed by atoms with Crippen molar-refractivity contribution in [3.05, 3.63) is 42.1 Å². The van der Waals surface area contributed by atoms with Crippen LogP contribution >= 0.6 is 0 Å². The zero-order valence-electron chi connectivity index (χ0n) is 10.2. The Kier molecular flexibility index (Phi) is 3.72. The van der Waals surface area contributed by atoms with Crippen molar-refractivity contribution in [2.24, 2.45) is 0 Å². The number of hydrogen-bond donors (Lipinski definition) is 2. The second kappa shape index (κ2) is 5.44. The maximum absolute atomic E-state index is 10.9. The van der Waals surface area contributed by atoms with Crippen LogP contribution in [-0.4, -0.2) is 29.4 Å². The molecule has 2 rings (SSSR count). The lowest BCUT2D eigenvalue weighted by molar-refractivity contribution is 0.121. The van der Waals surface area contributed by atoms with Gasteiger partial charge in [0.1, 0.15) is 5.75 Å². The Morgan fingerprint density at radius 1 is 1.44 bits per heavy atom. The van der Waals surface area contributed by atoms with Gasteiger partial charge in [-0.3, -0.25) is 0 Å². The van der Waals surface area contributed by atoms with E-state index in [9.17, 15) is 4.79 Å². The molecule has 1 amide bonds. The average molecular weight is 248 g/mol. The predicted molar refractivity (Wildman–Crippen MR) is 67.2 cm³/mol. The highest BCUT2D eigenvalue weighted by molar-refractivity contribution is 5.65. The molecule has 1 aromatic carbocycles. The summed E-state index contributed by atoms with van der Waals surface area (Å²) >= 11 is 0. The number of nitrogens with one attached hydrogen (secondary N) is 1. The molecule has 1 atom stereocenters. The van der Waals surface area contributed by atoms with Crippen molar-refractivity contribution in [1.82, 2.24) is 10.4 Å². The second-order valence-corrected chi connectivity index (χ2v) is 4.09. The van der Waals surface area contributed by atoms with Crippen LogP contribution in [-0.2, 0) is 6.42 Å². The Hall–Kier alpha value is -2.17. The third-order valence-electron chi connectivity index (χ3n) is 2.96. The van der Waals surface area contributed by atoms with E-state index in [0.717, 1.165) is 18.6 Å². The van der Waals surface area contributed by atoms with Gasteiger partial charge < -0.3 is 15.3 Å². The number of hydrazine groups is 1. The number of aryl methyl sites for hydroxylation is 1. The van der Waals surface area contributed by atoms with E-state index in [1.54, 1.807) is 13.3 Å². The molecule has 2 N–H and O–H groups in total. The summed E-state index contributed by atoms with van der Waals surface area (Å²) in [5, 5.41) is 10.2. The zero-order chi connectivity index (χ0) is 13.0. The lowest BCUT2D eigenvalue weighted by Crippen LogP contribution is -2.41. The van der Waals surface area contributed by atoms with E-state index < -0.39 is 6.09 Å². The van der Waals surface area contributed by atoms with Gasteiger partial charge >= 0.3 is 6.09 Å². The predicted octanol–water partition coefficient (Wildman–Crippen LogP) is 2.01. The first kappa shape index (κ1) is 12.3. The summed E-state index contributed by atoms with van der Waals surface area (Å²) in [5.41, 5.74) is 3.86. The highest BCUT2D eigenvalue weighted by atomic mass is 16.5. The standard InChI is InChI=1S/C13H16N2O3/c1-18-12-6-3-10(4-7-12)2-5-11-8-9-14-15(11)13(16)17/h3-4,6-9,11,14H,2,5H2,1H3,(H,16,17). The number of hydrogen-bond acceptors (Lipinski definition) is 3. The van der Waals surface area contributed by atoms with Gasteiger partial charge in [-0.15, -0.1) is 0 Å². The summed E-state index contributed by atoms with van der Waals surface area (Å²) in [6.45, 7) is 0. The third kappa shape index (κ3) is 2.74. The molecule has 96 valence electrons. The highest BCUT2D eigenvalue weighted by Gasteiger charge is 2.23. The van der Waals surface area contributed by atoms with Crippen molar-refractivity contribution >= 4 is 6.09 Å². The van der Waals surface area contributed by atoms with Crippen LogP contribution in [0.1, 0.15) is 12.0 Å². The van der Waals surface area contributed by atoms with Crippen molar-refractivity contribution in [1.29, 1.82) is 0 Å². The Bertz CT molecular complexity index is 442. The van der Waals surface area contributed by atoms with Gasteiger partial charge in [0.25, 0.3) is 0 Å². The summed E-state index contributed by atoms with van der Waals surface area (Å²) < 4.78 is 5.09. The minimum Gasteiger partial charge on any atom is -0.497 e. The van der Waals surface area contributed by atoms with Gasteiger partial charge in [0.05, 0.1) is 13.2 Å². The van der Waals surface area contributed by atoms with Crippen LogP contribution in [0.25, 0.3) is 0 Å². The van der Waals surface area contributed by atoms with Crippen molar-refractivity contribution < 1.29 is 14.6 Å². The van der Waals surface area contributed by atoms with E-state index in [0.29, 0.717) is 0 Å². The first-order valence-electron chi connectivity index (χ1n) is 5.78. The molecular formula is C13H16N2O3. The topological polar surface area (TPSA) is 61.8 Å². The Balaban J connectivity index is 1.90. The number of methoxy groups -OCH3 is 1. The fourth-order valence-corrected chi connectivity index (χ4v) is 1.95. The molecule has 1 aromatic rings. The molecule has 0 spiro atoms. The molecule has 0 fully saturated rings. The third-order valence-corrected chi connectivity index (χ3v) is 2.96. The van der Waals surface area contributed by atoms with E-state index in [2.05, 4.69) is 5.43 Å². The Labute approximate surface area is 106 Å². The minimum absolute atomic E-state index is 0.107. The molecule has 18 heavy (non-hydrogen) atoms. The van der Waals surface area contributed by atoms with Crippen LogP contribution < -0.4 is 10.2 Å². The maximum Gasteiger partial charge on any atom is 0.426 e. The van der Waals surface area contributed by atoms with E-state index in [1.165, 1.54) is 10.6 Å². The van der Waals surface area contributed by atoms with Crippen molar-refractivity contribution in [2.75, 3.05) is 7.11 Å². The lowest BCUT2D eigenvalue weighted by Gasteiger charge is -2.20. The minimum atomic E-state index is -0.959. The average Bonchev–Trinajstić information content (AvgIpc) is 2.85. The van der Waals surface area contributed by atoms with E-state index in [1.807, 2.05) is 30.3 Å². The SMILES string of the molecule is COc1ccc(CCC2C=CNN2C(=O)O)cc1. The van der Waals surface area contributed by atoms with Crippen LogP contribution in [0.15, 0.2) is 36.5 Å². The number of benzene rings is 1. The van der Waals surface area contributed by atoms with Crippen molar-refractivity contribution in [3.63, 3.8) is 0 Å². The fourth-order valence-electron chi connectivity index (χ4n) is 1.95. The van der Waals surface area contributed by atoms with Gasteiger partial charge in [-0.2, -0.15) is 0 Å². The van der Waals surface area contributed by atoms with Gasteiger partial charge in [-0.1, -0.05) is 12.1 Å². The molecule has 5 heteroatoms. The Morgan fingerprint density at radius 3 is 2.78 bits per heavy atom. The van der Waals surface area contributed by atoms with Gasteiger partial charge in [-0.05, 0) is 36.6 Å². The van der Waals surface area contributed by atoms with Crippen molar-refractivity contribution in [2.45, 2.75) is 18.9 Å². The normalized spacial score (nSPS) is 17.6. The molecule has 1 heterocycles. The molecule has 5 nitrogen and oxygen atoms in total. The Morgan fingerprint density at radius 2 is 2.17 bits per heavy atom. The summed E-state index contributed by atoms with van der Waals surface area (Å²) in [4.78, 5) is 10.9. The van der Waals surface area contributed by atoms with Gasteiger partial charge in [-0.25, -0.2) is 9.80 Å². The van der Waals surface area contributed by atoms with Crippen LogP contribution in [0.3, 0.4) is 0 Å². The molecule has 1 unspecified atom stereocenters. The van der Waals surface area contributed by atoms with E-state index in [-0.39, 0.29) is 6.04 Å². The van der Waals surface area contributed by atoms with Crippen LogP contribution in [0.4, 0.5) is 4.79 Å². The number of rotatable bonds is 4. The fraction of sp³-hybridized carbons (Fsp3) is 0.308. The molecule has 0 radical (unpaired) electrons. The highest BCUT2D eigenvalue weighted by Crippen LogP contribution is 2.16. The van der Waals surface area contributed by atoms with Crippen LogP contribution in [0.5, 0.6) is 5.75 Å². The number of ether oxygens (including phenoxy) is 1. The molecule has 0 aliphatic carbocycles. The smallest absolute Gasteiger partial charge is 0.426 e. The first-order valence-corrected chi connectivity index (χ1v) is 5.78. The molecule has 1 aliphatic rings. The van der Waals surface area contributed by atoms with Gasteiger partial charge in [0.15, 0.2) is 0 Å². The molecule has 0 aromatic heterocycles. The summed E-state index contributed by atoms with van der Waals surface area (Å²) in [6, 6.07) is 7.70. The summed E-state index contributed by atoms with van der Waals surface area (Å²) in [5.74, 6) is 0.827. The van der Waals surface area contributed by atoms with E-state index in [4.69, 9.17) is 9.84 Å². The zero-order valence-corrected chi connectivity index (χ0v) is 10.2. The van der Waals surface area contributed by atoms with Gasteiger partial charge in [0, 0.05) is 6.20 Å². The maximum atomic E-state index is 10.9. The van der Waals surface area contributed by atoms with Crippen molar-refractivity contribution in [3.8, 4) is 5.75 Å². The number of carbonyl (C=O) groups is 1. The molecule has 0 saturated heterocycles. The van der Waals surface area contributed by atoms with Gasteiger partial charge in [0.2, 0.25) is 0 Å². The number of nitrogens with zero attached hydrogens (tertiary/aromatic N) is 1. The first-order chi connectivity index (χ1) is 8.70. The van der Waals surface area contributed by atoms with Crippen LogP contribution in [0, 0.1) is 0 Å². The molecule has 0 saturated carbocycles. The van der Waals surface area contributed by atoms with Crippen LogP contribution in [0.2, 0.25) is 0 Å². The number of carboxylic acid groups (broad SMARTS) is 1. The quantitative estimate of drug-likeness (QED) is 0.855. The lowest BCUT2D eigenvalue weighted by atomic mass is 10.1. The molecular weight excluding hydrogens is 232 g/mol. The largest absolute Gasteiger partial charge is 0.497 e. The summed E-state index contributed by atoms with van der Waals surface area (Å²) in [7, 11) is 1.63. The monoisotopic (exact) mass is 248 g/mol. The molecule has 0 bridgehead atoms. The number of amides is 1. The second-order valence-electron chi connectivity index (χ2n) is 4.09.